The Balaban J connectivity index is 2.06. The van der Waals surface area contributed by atoms with E-state index >= 15 is 0 Å². The highest BCUT2D eigenvalue weighted by Gasteiger charge is 2.23. The fraction of sp³-hybridized carbons (Fsp3) is 0.389. The molecule has 140 valence electrons. The van der Waals surface area contributed by atoms with Gasteiger partial charge >= 0.3 is 5.97 Å². The summed E-state index contributed by atoms with van der Waals surface area (Å²) in [6.07, 6.45) is 0.596. The summed E-state index contributed by atoms with van der Waals surface area (Å²) in [4.78, 5) is 24.7. The Morgan fingerprint density at radius 3 is 2.46 bits per heavy atom. The van der Waals surface area contributed by atoms with E-state index in [0.717, 1.165) is 0 Å². The summed E-state index contributed by atoms with van der Waals surface area (Å²) in [7, 11) is 2.95. The summed E-state index contributed by atoms with van der Waals surface area (Å²) < 4.78 is 17.2. The first-order chi connectivity index (χ1) is 12.4. The van der Waals surface area contributed by atoms with E-state index in [0.29, 0.717) is 17.3 Å². The van der Waals surface area contributed by atoms with Gasteiger partial charge in [-0.3, -0.25) is 4.79 Å². The van der Waals surface area contributed by atoms with Gasteiger partial charge in [-0.15, -0.1) is 0 Å². The zero-order valence-corrected chi connectivity index (χ0v) is 15.5. The number of hydrogen-bond acceptors (Lipinski definition) is 6. The minimum Gasteiger partial charge on any atom is -0.497 e. The van der Waals surface area contributed by atoms with Crippen LogP contribution in [0.1, 0.15) is 37.2 Å². The number of hydrogen-bond donors (Lipinski definition) is 1. The number of ether oxygens (including phenoxy) is 3. The van der Waals surface area contributed by atoms with Crippen LogP contribution in [0.25, 0.3) is 0 Å². The fourth-order valence-corrected chi connectivity index (χ4v) is 2.30. The molecule has 0 radical (unpaired) electrons. The van der Waals surface area contributed by atoms with E-state index in [9.17, 15) is 9.59 Å². The first-order valence-corrected chi connectivity index (χ1v) is 8.14. The lowest BCUT2D eigenvalue weighted by molar-refractivity contribution is -0.123. The summed E-state index contributed by atoms with van der Waals surface area (Å²) in [5.74, 6) is 0.277. The molecule has 26 heavy (non-hydrogen) atoms. The minimum absolute atomic E-state index is 0.0849. The van der Waals surface area contributed by atoms with Crippen molar-refractivity contribution in [2.75, 3.05) is 19.5 Å². The van der Waals surface area contributed by atoms with Crippen LogP contribution in [-0.2, 0) is 9.53 Å². The van der Waals surface area contributed by atoms with Crippen LogP contribution in [0.5, 0.6) is 11.5 Å². The number of methoxy groups -OCH3 is 2. The molecule has 1 N–H and O–H groups in total. The van der Waals surface area contributed by atoms with Gasteiger partial charge in [0.2, 0.25) is 0 Å². The number of rotatable bonds is 7. The fourth-order valence-electron chi connectivity index (χ4n) is 2.30. The van der Waals surface area contributed by atoms with E-state index in [-0.39, 0.29) is 11.6 Å². The Kier molecular flexibility index (Phi) is 6.21. The summed E-state index contributed by atoms with van der Waals surface area (Å²) in [6.45, 7) is 5.39. The number of aromatic nitrogens is 2. The van der Waals surface area contributed by atoms with Gasteiger partial charge in [0.1, 0.15) is 22.9 Å². The van der Waals surface area contributed by atoms with Gasteiger partial charge in [-0.05, 0) is 32.9 Å². The molecule has 0 fully saturated rings. The molecule has 0 saturated carbocycles. The first kappa shape index (κ1) is 19.3. The number of anilines is 1. The second-order valence-electron chi connectivity index (χ2n) is 5.86. The van der Waals surface area contributed by atoms with Crippen molar-refractivity contribution in [3.63, 3.8) is 0 Å². The molecule has 0 aliphatic heterocycles. The quantitative estimate of drug-likeness (QED) is 0.762. The lowest BCUT2D eigenvalue weighted by Gasteiger charge is -2.16. The molecule has 2 aromatic rings. The van der Waals surface area contributed by atoms with Crippen LogP contribution in [0, 0.1) is 0 Å². The summed E-state index contributed by atoms with van der Waals surface area (Å²) in [5.41, 5.74) is 0.208. The molecular formula is C18H23N3O5. The Bertz CT molecular complexity index is 785. The van der Waals surface area contributed by atoms with E-state index < -0.39 is 18.0 Å². The number of esters is 1. The SMILES string of the molecule is COc1ccc(C(=O)O[C@H](C)C(=O)Nc2ccnn2C(C)C)c(OC)c1. The molecule has 1 aromatic heterocycles. The Hall–Kier alpha value is -3.03. The second kappa shape index (κ2) is 8.37. The van der Waals surface area contributed by atoms with E-state index in [4.69, 9.17) is 14.2 Å². The maximum atomic E-state index is 12.4. The predicted molar refractivity (Wildman–Crippen MR) is 95.7 cm³/mol. The van der Waals surface area contributed by atoms with Crippen molar-refractivity contribution >= 4 is 17.7 Å². The van der Waals surface area contributed by atoms with Crippen LogP contribution in [0.3, 0.4) is 0 Å². The van der Waals surface area contributed by atoms with Crippen molar-refractivity contribution in [2.24, 2.45) is 0 Å². The Morgan fingerprint density at radius 2 is 1.85 bits per heavy atom. The normalized spacial score (nSPS) is 11.8. The van der Waals surface area contributed by atoms with Gasteiger partial charge in [0.15, 0.2) is 6.10 Å². The summed E-state index contributed by atoms with van der Waals surface area (Å²) in [6, 6.07) is 6.48. The monoisotopic (exact) mass is 361 g/mol. The lowest BCUT2D eigenvalue weighted by Crippen LogP contribution is -2.31. The molecule has 1 heterocycles. The molecule has 2 rings (SSSR count). The zero-order chi connectivity index (χ0) is 19.3. The van der Waals surface area contributed by atoms with Gasteiger partial charge in [0.05, 0.1) is 20.4 Å². The molecule has 0 bridgehead atoms. The van der Waals surface area contributed by atoms with Crippen LogP contribution < -0.4 is 14.8 Å². The van der Waals surface area contributed by atoms with Gasteiger partial charge in [-0.25, -0.2) is 9.48 Å². The summed E-state index contributed by atoms with van der Waals surface area (Å²) in [5, 5.41) is 6.85. The molecule has 1 atom stereocenters. The standard InChI is InChI=1S/C18H23N3O5/c1-11(2)21-16(8-9-19-21)20-17(22)12(3)26-18(23)14-7-6-13(24-4)10-15(14)25-5/h6-12H,1-5H3,(H,20,22)/t12-/m1/s1. The average molecular weight is 361 g/mol. The van der Waals surface area contributed by atoms with Crippen molar-refractivity contribution < 1.29 is 23.8 Å². The summed E-state index contributed by atoms with van der Waals surface area (Å²) >= 11 is 0. The van der Waals surface area contributed by atoms with Crippen LogP contribution in [-0.4, -0.2) is 42.0 Å². The third-order valence-corrected chi connectivity index (χ3v) is 3.69. The highest BCUT2D eigenvalue weighted by atomic mass is 16.5. The maximum Gasteiger partial charge on any atom is 0.342 e. The number of carbonyl (C=O) groups excluding carboxylic acids is 2. The molecule has 1 aromatic carbocycles. The van der Waals surface area contributed by atoms with Crippen LogP contribution in [0.15, 0.2) is 30.5 Å². The first-order valence-electron chi connectivity index (χ1n) is 8.14. The van der Waals surface area contributed by atoms with Gasteiger partial charge in [-0.1, -0.05) is 0 Å². The predicted octanol–water partition coefficient (Wildman–Crippen LogP) is 2.67. The molecule has 8 heteroatoms. The lowest BCUT2D eigenvalue weighted by atomic mass is 10.2. The number of nitrogens with zero attached hydrogens (tertiary/aromatic N) is 2. The van der Waals surface area contributed by atoms with E-state index in [1.54, 1.807) is 29.1 Å². The zero-order valence-electron chi connectivity index (χ0n) is 15.5. The Morgan fingerprint density at radius 1 is 1.12 bits per heavy atom. The molecule has 8 nitrogen and oxygen atoms in total. The molecular weight excluding hydrogens is 338 g/mol. The van der Waals surface area contributed by atoms with E-state index in [1.165, 1.54) is 27.2 Å². The van der Waals surface area contributed by atoms with Gasteiger partial charge in [0.25, 0.3) is 5.91 Å². The molecule has 0 spiro atoms. The number of carbonyl (C=O) groups is 2. The van der Waals surface area contributed by atoms with Crippen molar-refractivity contribution in [1.29, 1.82) is 0 Å². The van der Waals surface area contributed by atoms with Gasteiger partial charge < -0.3 is 19.5 Å². The largest absolute Gasteiger partial charge is 0.497 e. The number of amides is 1. The van der Waals surface area contributed by atoms with Crippen LogP contribution in [0.2, 0.25) is 0 Å². The third-order valence-electron chi connectivity index (χ3n) is 3.69. The van der Waals surface area contributed by atoms with E-state index in [1.807, 2.05) is 13.8 Å². The minimum atomic E-state index is -0.996. The molecule has 0 unspecified atom stereocenters. The Labute approximate surface area is 152 Å². The third kappa shape index (κ3) is 4.33. The number of nitrogens with one attached hydrogen (secondary N) is 1. The highest BCUT2D eigenvalue weighted by molar-refractivity contribution is 5.98. The topological polar surface area (TPSA) is 91.7 Å². The van der Waals surface area contributed by atoms with Crippen molar-refractivity contribution in [2.45, 2.75) is 32.9 Å². The van der Waals surface area contributed by atoms with Gasteiger partial charge in [0, 0.05) is 18.2 Å². The van der Waals surface area contributed by atoms with E-state index in [2.05, 4.69) is 10.4 Å². The molecule has 0 aliphatic rings. The van der Waals surface area contributed by atoms with Crippen molar-refractivity contribution in [3.05, 3.63) is 36.0 Å². The highest BCUT2D eigenvalue weighted by Crippen LogP contribution is 2.25. The van der Waals surface area contributed by atoms with Crippen LogP contribution in [0.4, 0.5) is 5.82 Å². The van der Waals surface area contributed by atoms with Gasteiger partial charge in [-0.2, -0.15) is 5.10 Å². The number of benzene rings is 1. The van der Waals surface area contributed by atoms with Crippen molar-refractivity contribution in [1.82, 2.24) is 9.78 Å². The second-order valence-corrected chi connectivity index (χ2v) is 5.86. The molecule has 0 aliphatic carbocycles. The maximum absolute atomic E-state index is 12.4. The average Bonchev–Trinajstić information content (AvgIpc) is 3.09. The molecule has 0 saturated heterocycles. The van der Waals surface area contributed by atoms with Crippen molar-refractivity contribution in [3.8, 4) is 11.5 Å². The van der Waals surface area contributed by atoms with Crippen LogP contribution >= 0.6 is 0 Å². The smallest absolute Gasteiger partial charge is 0.342 e. The molecule has 1 amide bonds.